The summed E-state index contributed by atoms with van der Waals surface area (Å²) in [5, 5.41) is 17.4. The Bertz CT molecular complexity index is 358. The molecule has 0 unspecified atom stereocenters. The maximum absolute atomic E-state index is 8.73. The topological polar surface area (TPSA) is 73.0 Å². The Labute approximate surface area is 82.6 Å². The van der Waals surface area contributed by atoms with E-state index in [2.05, 4.69) is 9.97 Å². The van der Waals surface area contributed by atoms with Gasteiger partial charge in [-0.15, -0.1) is 0 Å². The number of anilines is 1. The minimum absolute atomic E-state index is 0.0374. The average Bonchev–Trinajstić information content (AvgIpc) is 2.17. The number of hydrogen-bond donors (Lipinski definition) is 1. The third kappa shape index (κ3) is 2.41. The van der Waals surface area contributed by atoms with E-state index in [9.17, 15) is 0 Å². The molecule has 1 aromatic rings. The van der Waals surface area contributed by atoms with Crippen LogP contribution in [0.3, 0.4) is 0 Å². The molecule has 0 radical (unpaired) electrons. The van der Waals surface area contributed by atoms with E-state index >= 15 is 0 Å². The summed E-state index contributed by atoms with van der Waals surface area (Å²) < 4.78 is 0. The minimum Gasteiger partial charge on any atom is -0.395 e. The zero-order chi connectivity index (χ0) is 10.6. The molecule has 0 amide bonds. The molecular formula is C9H12N4O. The number of likely N-dealkylation sites (N-methyl/N-ethyl adjacent to an activating group) is 1. The lowest BCUT2D eigenvalue weighted by Gasteiger charge is -2.15. The van der Waals surface area contributed by atoms with E-state index in [1.165, 1.54) is 0 Å². The number of aliphatic hydroxyl groups excluding tert-OH is 1. The standard InChI is InChI=1S/C9H12N4O/c1-7-5-8(6-10)12-9(11-7)13(2)3-4-14/h5,14H,3-4H2,1-2H3. The van der Waals surface area contributed by atoms with Crippen molar-refractivity contribution in [3.8, 4) is 6.07 Å². The summed E-state index contributed by atoms with van der Waals surface area (Å²) >= 11 is 0. The highest BCUT2D eigenvalue weighted by molar-refractivity contribution is 5.34. The number of nitriles is 1. The Morgan fingerprint density at radius 3 is 2.86 bits per heavy atom. The number of aromatic nitrogens is 2. The number of aliphatic hydroxyl groups is 1. The van der Waals surface area contributed by atoms with Crippen molar-refractivity contribution in [2.75, 3.05) is 25.1 Å². The van der Waals surface area contributed by atoms with Gasteiger partial charge < -0.3 is 10.0 Å². The Balaban J connectivity index is 2.98. The van der Waals surface area contributed by atoms with Gasteiger partial charge in [0.1, 0.15) is 11.8 Å². The van der Waals surface area contributed by atoms with Crippen LogP contribution in [0.5, 0.6) is 0 Å². The molecule has 0 saturated carbocycles. The van der Waals surface area contributed by atoms with Crippen molar-refractivity contribution in [1.82, 2.24) is 9.97 Å². The first kappa shape index (κ1) is 10.4. The third-order valence-electron chi connectivity index (χ3n) is 1.73. The highest BCUT2D eigenvalue weighted by Gasteiger charge is 2.05. The molecule has 1 heterocycles. The van der Waals surface area contributed by atoms with Crippen molar-refractivity contribution in [2.45, 2.75) is 6.92 Å². The summed E-state index contributed by atoms with van der Waals surface area (Å²) in [6.07, 6.45) is 0. The molecule has 1 aromatic heterocycles. The van der Waals surface area contributed by atoms with Crippen LogP contribution < -0.4 is 4.90 Å². The Hall–Kier alpha value is -1.67. The molecule has 0 aliphatic heterocycles. The predicted molar refractivity (Wildman–Crippen MR) is 51.8 cm³/mol. The molecule has 0 atom stereocenters. The van der Waals surface area contributed by atoms with Crippen molar-refractivity contribution < 1.29 is 5.11 Å². The minimum atomic E-state index is 0.0374. The third-order valence-corrected chi connectivity index (χ3v) is 1.73. The van der Waals surface area contributed by atoms with Crippen LogP contribution in [0.1, 0.15) is 11.4 Å². The summed E-state index contributed by atoms with van der Waals surface area (Å²) in [4.78, 5) is 9.87. The Morgan fingerprint density at radius 2 is 2.29 bits per heavy atom. The molecule has 74 valence electrons. The summed E-state index contributed by atoms with van der Waals surface area (Å²) in [5.74, 6) is 0.468. The van der Waals surface area contributed by atoms with Crippen LogP contribution in [-0.4, -0.2) is 35.3 Å². The fraction of sp³-hybridized carbons (Fsp3) is 0.444. The van der Waals surface area contributed by atoms with Gasteiger partial charge in [0.2, 0.25) is 5.95 Å². The van der Waals surface area contributed by atoms with Crippen molar-refractivity contribution in [2.24, 2.45) is 0 Å². The smallest absolute Gasteiger partial charge is 0.226 e. The van der Waals surface area contributed by atoms with Crippen molar-refractivity contribution in [3.63, 3.8) is 0 Å². The van der Waals surface area contributed by atoms with Crippen LogP contribution in [0.4, 0.5) is 5.95 Å². The van der Waals surface area contributed by atoms with Gasteiger partial charge in [0.05, 0.1) is 6.61 Å². The lowest BCUT2D eigenvalue weighted by Crippen LogP contribution is -2.23. The van der Waals surface area contributed by atoms with Gasteiger partial charge in [-0.05, 0) is 13.0 Å². The molecule has 14 heavy (non-hydrogen) atoms. The second-order valence-electron chi connectivity index (χ2n) is 2.95. The van der Waals surface area contributed by atoms with E-state index in [0.717, 1.165) is 5.69 Å². The van der Waals surface area contributed by atoms with Crippen LogP contribution in [-0.2, 0) is 0 Å². The van der Waals surface area contributed by atoms with Gasteiger partial charge in [-0.25, -0.2) is 9.97 Å². The van der Waals surface area contributed by atoms with Crippen LogP contribution in [0.15, 0.2) is 6.07 Å². The fourth-order valence-electron chi connectivity index (χ4n) is 1.03. The van der Waals surface area contributed by atoms with E-state index in [1.54, 1.807) is 24.9 Å². The van der Waals surface area contributed by atoms with Gasteiger partial charge in [0.25, 0.3) is 0 Å². The van der Waals surface area contributed by atoms with E-state index < -0.39 is 0 Å². The number of aryl methyl sites for hydroxylation is 1. The van der Waals surface area contributed by atoms with Gasteiger partial charge in [-0.3, -0.25) is 0 Å². The molecule has 0 aliphatic carbocycles. The van der Waals surface area contributed by atoms with Gasteiger partial charge in [0, 0.05) is 19.3 Å². The monoisotopic (exact) mass is 192 g/mol. The quantitative estimate of drug-likeness (QED) is 0.734. The van der Waals surface area contributed by atoms with Crippen molar-refractivity contribution >= 4 is 5.95 Å². The largest absolute Gasteiger partial charge is 0.395 e. The molecule has 1 rings (SSSR count). The van der Waals surface area contributed by atoms with E-state index in [-0.39, 0.29) is 6.61 Å². The van der Waals surface area contributed by atoms with Gasteiger partial charge >= 0.3 is 0 Å². The summed E-state index contributed by atoms with van der Waals surface area (Å²) in [7, 11) is 1.77. The number of hydrogen-bond acceptors (Lipinski definition) is 5. The Morgan fingerprint density at radius 1 is 1.57 bits per heavy atom. The Kier molecular flexibility index (Phi) is 3.37. The first-order valence-corrected chi connectivity index (χ1v) is 4.25. The second kappa shape index (κ2) is 4.53. The lowest BCUT2D eigenvalue weighted by atomic mass is 10.3. The zero-order valence-corrected chi connectivity index (χ0v) is 8.23. The van der Waals surface area contributed by atoms with Crippen LogP contribution >= 0.6 is 0 Å². The lowest BCUT2D eigenvalue weighted by molar-refractivity contribution is 0.303. The van der Waals surface area contributed by atoms with E-state index in [4.69, 9.17) is 10.4 Å². The molecule has 0 aliphatic rings. The highest BCUT2D eigenvalue weighted by atomic mass is 16.3. The van der Waals surface area contributed by atoms with Crippen molar-refractivity contribution in [1.29, 1.82) is 5.26 Å². The van der Waals surface area contributed by atoms with Crippen LogP contribution in [0, 0.1) is 18.3 Å². The molecule has 0 bridgehead atoms. The molecule has 0 saturated heterocycles. The van der Waals surface area contributed by atoms with Crippen molar-refractivity contribution in [3.05, 3.63) is 17.5 Å². The number of rotatable bonds is 3. The van der Waals surface area contributed by atoms with Gasteiger partial charge in [-0.2, -0.15) is 5.26 Å². The molecule has 1 N–H and O–H groups in total. The fourth-order valence-corrected chi connectivity index (χ4v) is 1.03. The molecular weight excluding hydrogens is 180 g/mol. The zero-order valence-electron chi connectivity index (χ0n) is 8.23. The first-order valence-electron chi connectivity index (χ1n) is 4.25. The van der Waals surface area contributed by atoms with Crippen LogP contribution in [0.2, 0.25) is 0 Å². The maximum Gasteiger partial charge on any atom is 0.226 e. The molecule has 0 fully saturated rings. The second-order valence-corrected chi connectivity index (χ2v) is 2.95. The SMILES string of the molecule is Cc1cc(C#N)nc(N(C)CCO)n1. The van der Waals surface area contributed by atoms with Crippen LogP contribution in [0.25, 0.3) is 0 Å². The average molecular weight is 192 g/mol. The van der Waals surface area contributed by atoms with E-state index in [0.29, 0.717) is 18.2 Å². The highest BCUT2D eigenvalue weighted by Crippen LogP contribution is 2.07. The predicted octanol–water partition coefficient (Wildman–Crippen LogP) is 0.0852. The summed E-state index contributed by atoms with van der Waals surface area (Å²) in [5.41, 5.74) is 1.09. The maximum atomic E-state index is 8.73. The molecule has 5 nitrogen and oxygen atoms in total. The van der Waals surface area contributed by atoms with Gasteiger partial charge in [0.15, 0.2) is 0 Å². The molecule has 0 spiro atoms. The first-order chi connectivity index (χ1) is 6.67. The van der Waals surface area contributed by atoms with Gasteiger partial charge in [-0.1, -0.05) is 0 Å². The summed E-state index contributed by atoms with van der Waals surface area (Å²) in [6.45, 7) is 2.29. The number of nitrogens with zero attached hydrogens (tertiary/aromatic N) is 4. The molecule has 0 aromatic carbocycles. The molecule has 5 heteroatoms. The normalized spacial score (nSPS) is 9.57. The van der Waals surface area contributed by atoms with E-state index in [1.807, 2.05) is 6.07 Å². The summed E-state index contributed by atoms with van der Waals surface area (Å²) in [6, 6.07) is 3.59.